The number of nitrogens with one attached hydrogen (secondary N) is 1. The molecule has 0 fully saturated rings. The molecule has 0 aliphatic rings. The predicted octanol–water partition coefficient (Wildman–Crippen LogP) is -0.0967. The lowest BCUT2D eigenvalue weighted by Crippen LogP contribution is -2.35. The molecule has 0 spiro atoms. The minimum atomic E-state index is -4.76. The number of nitrogen functional groups attached to an aromatic ring is 1. The van der Waals surface area contributed by atoms with Crippen LogP contribution in [0.3, 0.4) is 0 Å². The maximum Gasteiger partial charge on any atom is 0.416 e. The highest BCUT2D eigenvalue weighted by Gasteiger charge is 2.41. The topological polar surface area (TPSA) is 139 Å². The Kier molecular flexibility index (Phi) is 4.66. The summed E-state index contributed by atoms with van der Waals surface area (Å²) in [6, 6.07) is 0. The van der Waals surface area contributed by atoms with Gasteiger partial charge in [0, 0.05) is 0 Å². The van der Waals surface area contributed by atoms with E-state index in [9.17, 15) is 18.0 Å². The van der Waals surface area contributed by atoms with Gasteiger partial charge in [-0.2, -0.15) is 18.2 Å². The summed E-state index contributed by atoms with van der Waals surface area (Å²) < 4.78 is 44.1. The summed E-state index contributed by atoms with van der Waals surface area (Å²) in [5.74, 6) is -0.266. The van der Waals surface area contributed by atoms with Crippen LogP contribution in [0.5, 0.6) is 0 Å². The second-order valence-electron chi connectivity index (χ2n) is 4.22. The zero-order chi connectivity index (χ0) is 16.5. The van der Waals surface area contributed by atoms with Gasteiger partial charge in [-0.25, -0.2) is 4.98 Å². The van der Waals surface area contributed by atoms with Gasteiger partial charge in [-0.15, -0.1) is 0 Å². The molecule has 2 aromatic rings. The van der Waals surface area contributed by atoms with E-state index in [0.29, 0.717) is 0 Å². The first-order chi connectivity index (χ1) is 10.2. The molecular weight excluding hydrogens is 330 g/mol. The smallest absolute Gasteiger partial charge is 0.369 e. The number of H-pyrrole nitrogens is 1. The molecule has 1 atom stereocenters. The third-order valence-electron chi connectivity index (χ3n) is 2.61. The van der Waals surface area contributed by atoms with E-state index in [4.69, 9.17) is 15.5 Å². The average molecular weight is 341 g/mol. The summed E-state index contributed by atoms with van der Waals surface area (Å²) in [6.45, 7) is -0.765. The highest BCUT2D eigenvalue weighted by Crippen LogP contribution is 2.30. The number of halogens is 3. The number of nitrogens with two attached hydrogens (primary N) is 1. The summed E-state index contributed by atoms with van der Waals surface area (Å²) in [5.41, 5.74) is 4.37. The third kappa shape index (κ3) is 3.71. The zero-order valence-corrected chi connectivity index (χ0v) is 11.7. The number of hydrogen-bond donors (Lipinski definition) is 4. The molecule has 0 aliphatic heterocycles. The third-order valence-corrected chi connectivity index (χ3v) is 2.99. The van der Waals surface area contributed by atoms with Crippen LogP contribution in [0.1, 0.15) is 0 Å². The number of anilines is 1. The number of aromatic nitrogens is 4. The van der Waals surface area contributed by atoms with Crippen LogP contribution in [0, 0.1) is 0 Å². The van der Waals surface area contributed by atoms with Crippen LogP contribution in [0.15, 0.2) is 11.1 Å². The highest BCUT2D eigenvalue weighted by molar-refractivity contribution is 7.44. The average Bonchev–Trinajstić information content (AvgIpc) is 2.76. The fourth-order valence-corrected chi connectivity index (χ4v) is 2.00. The minimum Gasteiger partial charge on any atom is -0.369 e. The van der Waals surface area contributed by atoms with Crippen molar-refractivity contribution >= 4 is 25.5 Å². The van der Waals surface area contributed by atoms with Crippen LogP contribution >= 0.6 is 8.38 Å². The van der Waals surface area contributed by atoms with Gasteiger partial charge >= 0.3 is 6.18 Å². The van der Waals surface area contributed by atoms with Crippen molar-refractivity contribution in [3.8, 4) is 0 Å². The normalized spacial score (nSPS) is 13.9. The molecule has 2 rings (SSSR count). The van der Waals surface area contributed by atoms with E-state index in [2.05, 4.69) is 19.7 Å². The monoisotopic (exact) mass is 341 g/mol. The van der Waals surface area contributed by atoms with Gasteiger partial charge in [0.1, 0.15) is 6.35 Å². The van der Waals surface area contributed by atoms with Crippen molar-refractivity contribution in [2.75, 3.05) is 12.1 Å². The lowest BCUT2D eigenvalue weighted by molar-refractivity contribution is -0.219. The van der Waals surface area contributed by atoms with Gasteiger partial charge in [0.2, 0.25) is 5.95 Å². The molecule has 9 nitrogen and oxygen atoms in total. The van der Waals surface area contributed by atoms with Gasteiger partial charge in [-0.05, 0) is 0 Å². The van der Waals surface area contributed by atoms with Crippen LogP contribution in [0.25, 0.3) is 11.2 Å². The molecule has 0 aromatic carbocycles. The van der Waals surface area contributed by atoms with Crippen LogP contribution in [0.2, 0.25) is 0 Å². The summed E-state index contributed by atoms with van der Waals surface area (Å²) in [4.78, 5) is 38.5. The Morgan fingerprint density at radius 1 is 1.50 bits per heavy atom. The van der Waals surface area contributed by atoms with Gasteiger partial charge in [-0.1, -0.05) is 0 Å². The first-order valence-electron chi connectivity index (χ1n) is 5.72. The van der Waals surface area contributed by atoms with Crippen LogP contribution < -0.4 is 11.3 Å². The lowest BCUT2D eigenvalue weighted by Gasteiger charge is -2.21. The fourth-order valence-electron chi connectivity index (χ4n) is 1.69. The molecule has 0 bridgehead atoms. The number of ether oxygens (including phenoxy) is 1. The second-order valence-corrected chi connectivity index (χ2v) is 5.22. The number of hydrogen-bond acceptors (Lipinski definition) is 7. The van der Waals surface area contributed by atoms with Gasteiger partial charge in [0.25, 0.3) is 5.56 Å². The molecule has 0 saturated heterocycles. The summed E-state index contributed by atoms with van der Waals surface area (Å²) >= 11 is 0. The number of imidazole rings is 1. The van der Waals surface area contributed by atoms with Crippen LogP contribution in [0.4, 0.5) is 19.1 Å². The number of nitrogens with zero attached hydrogens (tertiary/aromatic N) is 3. The van der Waals surface area contributed by atoms with E-state index in [1.165, 1.54) is 0 Å². The van der Waals surface area contributed by atoms with E-state index in [1.54, 1.807) is 0 Å². The molecule has 5 N–H and O–H groups in total. The van der Waals surface area contributed by atoms with Crippen molar-refractivity contribution in [3.05, 3.63) is 16.7 Å². The Bertz CT molecular complexity index is 715. The maximum absolute atomic E-state index is 12.9. The van der Waals surface area contributed by atoms with E-state index >= 15 is 0 Å². The molecule has 22 heavy (non-hydrogen) atoms. The molecule has 1 unspecified atom stereocenters. The van der Waals surface area contributed by atoms with E-state index < -0.39 is 39.1 Å². The lowest BCUT2D eigenvalue weighted by atomic mass is 10.3. The van der Waals surface area contributed by atoms with Gasteiger partial charge in [-0.3, -0.25) is 9.78 Å². The van der Waals surface area contributed by atoms with Crippen molar-refractivity contribution in [3.63, 3.8) is 0 Å². The number of alkyl halides is 3. The van der Waals surface area contributed by atoms with Gasteiger partial charge in [0.05, 0.1) is 12.9 Å². The quantitative estimate of drug-likeness (QED) is 0.557. The Hall–Kier alpha value is -1.75. The van der Waals surface area contributed by atoms with Crippen molar-refractivity contribution in [2.24, 2.45) is 0 Å². The van der Waals surface area contributed by atoms with Crippen LogP contribution in [-0.4, -0.2) is 47.9 Å². The highest BCUT2D eigenvalue weighted by atomic mass is 31.2. The summed E-state index contributed by atoms with van der Waals surface area (Å²) in [5, 5.41) is 0. The Morgan fingerprint density at radius 3 is 2.77 bits per heavy atom. The molecule has 0 aliphatic carbocycles. The van der Waals surface area contributed by atoms with E-state index in [1.807, 2.05) is 0 Å². The SMILES string of the molecule is Nc1nc2c(ncn2CC(OCP(O)O)C(F)(F)F)c(=O)[nH]1. The van der Waals surface area contributed by atoms with Gasteiger partial charge < -0.3 is 24.8 Å². The maximum atomic E-state index is 12.9. The first-order valence-corrected chi connectivity index (χ1v) is 7.16. The first kappa shape index (κ1) is 16.6. The molecular formula is C9H11F3N5O4P. The second kappa shape index (κ2) is 6.16. The number of rotatable bonds is 5. The Balaban J connectivity index is 2.32. The molecule has 122 valence electrons. The van der Waals surface area contributed by atoms with Crippen molar-refractivity contribution in [1.82, 2.24) is 19.5 Å². The zero-order valence-electron chi connectivity index (χ0n) is 10.8. The van der Waals surface area contributed by atoms with Crippen molar-refractivity contribution in [1.29, 1.82) is 0 Å². The molecule has 0 radical (unpaired) electrons. The summed E-state index contributed by atoms with van der Waals surface area (Å²) in [6.07, 6.45) is -6.94. The predicted molar refractivity (Wildman–Crippen MR) is 69.7 cm³/mol. The van der Waals surface area contributed by atoms with Crippen molar-refractivity contribution < 1.29 is 27.7 Å². The van der Waals surface area contributed by atoms with E-state index in [0.717, 1.165) is 10.9 Å². The van der Waals surface area contributed by atoms with Crippen molar-refractivity contribution in [2.45, 2.75) is 18.8 Å². The molecule has 2 heterocycles. The molecule has 2 aromatic heterocycles. The minimum absolute atomic E-state index is 0.130. The molecule has 0 amide bonds. The Morgan fingerprint density at radius 2 is 2.18 bits per heavy atom. The van der Waals surface area contributed by atoms with Gasteiger partial charge in [0.15, 0.2) is 25.6 Å². The standard InChI is InChI=1S/C9H11F3N5O4P/c10-9(11,12)4(21-3-22(19)20)1-17-2-14-5-6(17)15-8(13)16-7(5)18/h2,4,19-20H,1,3H2,(H3,13,15,16,18). The number of aromatic amines is 1. The Labute approximate surface area is 121 Å². The largest absolute Gasteiger partial charge is 0.416 e. The van der Waals surface area contributed by atoms with E-state index in [-0.39, 0.29) is 17.1 Å². The summed E-state index contributed by atoms with van der Waals surface area (Å²) in [7, 11) is -2.63. The number of fused-ring (bicyclic) bond motifs is 1. The molecule has 13 heteroatoms. The molecule has 0 saturated carbocycles. The fraction of sp³-hybridized carbons (Fsp3) is 0.444. The van der Waals surface area contributed by atoms with Crippen LogP contribution in [-0.2, 0) is 11.3 Å².